The lowest BCUT2D eigenvalue weighted by Crippen LogP contribution is -2.45. The molecule has 0 saturated carbocycles. The maximum absolute atomic E-state index is 11.7. The van der Waals surface area contributed by atoms with Gasteiger partial charge in [0, 0.05) is 0 Å². The van der Waals surface area contributed by atoms with Crippen LogP contribution in [0.2, 0.25) is 5.02 Å². The molecule has 0 aliphatic heterocycles. The quantitative estimate of drug-likeness (QED) is 0.650. The number of carbonyl (C=O) groups excluding carboxylic acids is 2. The zero-order chi connectivity index (χ0) is 15.3. The predicted octanol–water partition coefficient (Wildman–Crippen LogP) is 1.10. The highest BCUT2D eigenvalue weighted by Crippen LogP contribution is 2.22. The van der Waals surface area contributed by atoms with E-state index in [4.69, 9.17) is 22.4 Å². The number of urea groups is 1. The molecule has 0 aliphatic rings. The lowest BCUT2D eigenvalue weighted by molar-refractivity contribution is -0.140. The molecule has 1 aromatic rings. The Labute approximate surface area is 120 Å². The number of nitrogens with one attached hydrogen (secondary N) is 2. The highest BCUT2D eigenvalue weighted by atomic mass is 35.5. The molecule has 0 aromatic heterocycles. The van der Waals surface area contributed by atoms with E-state index in [0.29, 0.717) is 10.7 Å². The molecule has 1 aromatic carbocycles. The van der Waals surface area contributed by atoms with E-state index in [1.165, 1.54) is 0 Å². The number of primary amides is 1. The Morgan fingerprint density at radius 3 is 2.60 bits per heavy atom. The summed E-state index contributed by atoms with van der Waals surface area (Å²) < 4.78 is 0. The first-order valence-corrected chi connectivity index (χ1v) is 6.02. The third-order valence-corrected chi connectivity index (χ3v) is 2.71. The van der Waals surface area contributed by atoms with Crippen molar-refractivity contribution in [2.45, 2.75) is 19.4 Å². The second-order valence-corrected chi connectivity index (χ2v) is 4.55. The van der Waals surface area contributed by atoms with E-state index in [-0.39, 0.29) is 0 Å². The molecule has 0 radical (unpaired) electrons. The van der Waals surface area contributed by atoms with Gasteiger partial charge < -0.3 is 21.5 Å². The number of carboxylic acids is 1. The van der Waals surface area contributed by atoms with Gasteiger partial charge >= 0.3 is 12.0 Å². The number of carboxylic acid groups (broad SMARTS) is 1. The maximum atomic E-state index is 11.7. The molecule has 108 valence electrons. The molecule has 8 heteroatoms. The first-order valence-electron chi connectivity index (χ1n) is 5.64. The molecule has 1 rings (SSSR count). The SMILES string of the molecule is Cc1ccc(Cl)c(NC(=O)N[C@H](CC(N)=O)C(=O)O)c1. The smallest absolute Gasteiger partial charge is 0.326 e. The van der Waals surface area contributed by atoms with Crippen LogP contribution in [-0.4, -0.2) is 29.1 Å². The van der Waals surface area contributed by atoms with Crippen LogP contribution in [0.1, 0.15) is 12.0 Å². The molecular formula is C12H14ClN3O4. The van der Waals surface area contributed by atoms with Crippen molar-refractivity contribution in [3.8, 4) is 0 Å². The molecule has 5 N–H and O–H groups in total. The molecule has 0 heterocycles. The molecule has 0 saturated heterocycles. The summed E-state index contributed by atoms with van der Waals surface area (Å²) in [6, 6.07) is 2.82. The van der Waals surface area contributed by atoms with Crippen molar-refractivity contribution < 1.29 is 19.5 Å². The van der Waals surface area contributed by atoms with Gasteiger partial charge in [-0.15, -0.1) is 0 Å². The van der Waals surface area contributed by atoms with Gasteiger partial charge in [-0.3, -0.25) is 4.79 Å². The largest absolute Gasteiger partial charge is 0.480 e. The summed E-state index contributed by atoms with van der Waals surface area (Å²) in [5.41, 5.74) is 6.12. The van der Waals surface area contributed by atoms with E-state index in [0.717, 1.165) is 5.56 Å². The Hall–Kier alpha value is -2.28. The van der Waals surface area contributed by atoms with Crippen LogP contribution in [0, 0.1) is 6.92 Å². The van der Waals surface area contributed by atoms with E-state index in [1.54, 1.807) is 18.2 Å². The molecule has 20 heavy (non-hydrogen) atoms. The van der Waals surface area contributed by atoms with Crippen molar-refractivity contribution in [1.29, 1.82) is 0 Å². The number of anilines is 1. The van der Waals surface area contributed by atoms with Crippen molar-refractivity contribution in [3.05, 3.63) is 28.8 Å². The number of rotatable bonds is 5. The van der Waals surface area contributed by atoms with Crippen LogP contribution in [0.5, 0.6) is 0 Å². The number of hydrogen-bond acceptors (Lipinski definition) is 3. The summed E-state index contributed by atoms with van der Waals surface area (Å²) in [6.45, 7) is 1.81. The van der Waals surface area contributed by atoms with Crippen molar-refractivity contribution in [3.63, 3.8) is 0 Å². The van der Waals surface area contributed by atoms with Crippen molar-refractivity contribution in [2.75, 3.05) is 5.32 Å². The Bertz CT molecular complexity index is 548. The minimum atomic E-state index is -1.39. The molecule has 0 aliphatic carbocycles. The monoisotopic (exact) mass is 299 g/mol. The second kappa shape index (κ2) is 6.76. The highest BCUT2D eigenvalue weighted by Gasteiger charge is 2.22. The second-order valence-electron chi connectivity index (χ2n) is 4.14. The van der Waals surface area contributed by atoms with Gasteiger partial charge in [-0.25, -0.2) is 9.59 Å². The number of halogens is 1. The Kier molecular flexibility index (Phi) is 5.33. The van der Waals surface area contributed by atoms with Crippen LogP contribution in [-0.2, 0) is 9.59 Å². The molecule has 0 spiro atoms. The van der Waals surface area contributed by atoms with E-state index in [1.807, 2.05) is 6.92 Å². The van der Waals surface area contributed by atoms with E-state index >= 15 is 0 Å². The van der Waals surface area contributed by atoms with Gasteiger partial charge in [0.1, 0.15) is 6.04 Å². The zero-order valence-corrected chi connectivity index (χ0v) is 11.4. The van der Waals surface area contributed by atoms with Crippen LogP contribution in [0.3, 0.4) is 0 Å². The lowest BCUT2D eigenvalue weighted by atomic mass is 10.2. The fraction of sp³-hybridized carbons (Fsp3) is 0.250. The van der Waals surface area contributed by atoms with Crippen LogP contribution >= 0.6 is 11.6 Å². The average molecular weight is 300 g/mol. The van der Waals surface area contributed by atoms with Gasteiger partial charge in [0.15, 0.2) is 0 Å². The summed E-state index contributed by atoms with van der Waals surface area (Å²) in [7, 11) is 0. The zero-order valence-electron chi connectivity index (χ0n) is 10.6. The summed E-state index contributed by atoms with van der Waals surface area (Å²) in [5.74, 6) is -2.18. The van der Waals surface area contributed by atoms with Gasteiger partial charge in [0.25, 0.3) is 0 Å². The predicted molar refractivity (Wildman–Crippen MR) is 73.6 cm³/mol. The van der Waals surface area contributed by atoms with Crippen LogP contribution in [0.15, 0.2) is 18.2 Å². The average Bonchev–Trinajstić information content (AvgIpc) is 2.32. The van der Waals surface area contributed by atoms with Gasteiger partial charge in [-0.05, 0) is 24.6 Å². The number of nitrogens with two attached hydrogens (primary N) is 1. The van der Waals surface area contributed by atoms with Crippen molar-refractivity contribution >= 4 is 35.2 Å². The Morgan fingerprint density at radius 2 is 2.05 bits per heavy atom. The number of aliphatic carboxylic acids is 1. The number of hydrogen-bond donors (Lipinski definition) is 4. The molecule has 1 atom stereocenters. The normalized spacial score (nSPS) is 11.5. The van der Waals surface area contributed by atoms with Crippen molar-refractivity contribution in [1.82, 2.24) is 5.32 Å². The number of benzene rings is 1. The minimum Gasteiger partial charge on any atom is -0.480 e. The molecule has 3 amide bonds. The lowest BCUT2D eigenvalue weighted by Gasteiger charge is -2.14. The van der Waals surface area contributed by atoms with Crippen LogP contribution < -0.4 is 16.4 Å². The third kappa shape index (κ3) is 4.77. The number of amides is 3. The molecule has 0 bridgehead atoms. The summed E-state index contributed by atoms with van der Waals surface area (Å²) in [6.07, 6.45) is -0.496. The molecule has 0 fully saturated rings. The molecular weight excluding hydrogens is 286 g/mol. The standard InChI is InChI=1S/C12H14ClN3O4/c1-6-2-3-7(13)8(4-6)15-12(20)16-9(11(18)19)5-10(14)17/h2-4,9H,5H2,1H3,(H2,14,17)(H,18,19)(H2,15,16,20)/t9-/m1/s1. The molecule has 7 nitrogen and oxygen atoms in total. The minimum absolute atomic E-state index is 0.313. The van der Waals surface area contributed by atoms with Gasteiger partial charge in [0.05, 0.1) is 17.1 Å². The fourth-order valence-corrected chi connectivity index (χ4v) is 1.62. The number of aryl methyl sites for hydroxylation is 1. The highest BCUT2D eigenvalue weighted by molar-refractivity contribution is 6.33. The topological polar surface area (TPSA) is 122 Å². The number of carbonyl (C=O) groups is 3. The van der Waals surface area contributed by atoms with Gasteiger partial charge in [0.2, 0.25) is 5.91 Å². The summed E-state index contributed by atoms with van der Waals surface area (Å²) in [4.78, 5) is 33.3. The summed E-state index contributed by atoms with van der Waals surface area (Å²) in [5, 5.41) is 13.7. The first kappa shape index (κ1) is 15.8. The first-order chi connectivity index (χ1) is 9.29. The summed E-state index contributed by atoms with van der Waals surface area (Å²) >= 11 is 5.89. The maximum Gasteiger partial charge on any atom is 0.326 e. The van der Waals surface area contributed by atoms with Crippen molar-refractivity contribution in [2.24, 2.45) is 5.73 Å². The van der Waals surface area contributed by atoms with Gasteiger partial charge in [-0.1, -0.05) is 17.7 Å². The molecule has 0 unspecified atom stereocenters. The third-order valence-electron chi connectivity index (χ3n) is 2.38. The Balaban J connectivity index is 2.72. The van der Waals surface area contributed by atoms with Crippen LogP contribution in [0.25, 0.3) is 0 Å². The van der Waals surface area contributed by atoms with E-state index in [9.17, 15) is 14.4 Å². The van der Waals surface area contributed by atoms with E-state index < -0.39 is 30.4 Å². The Morgan fingerprint density at radius 1 is 1.40 bits per heavy atom. The van der Waals surface area contributed by atoms with E-state index in [2.05, 4.69) is 10.6 Å². The fourth-order valence-electron chi connectivity index (χ4n) is 1.45. The van der Waals surface area contributed by atoms with Gasteiger partial charge in [-0.2, -0.15) is 0 Å². The van der Waals surface area contributed by atoms with Crippen LogP contribution in [0.4, 0.5) is 10.5 Å².